The number of aromatic nitrogens is 8. The molecule has 8 nitrogen and oxygen atoms in total. The van der Waals surface area contributed by atoms with E-state index in [1.807, 2.05) is 271 Å². The molecule has 0 fully saturated rings. The second kappa shape index (κ2) is 51.6. The Hall–Kier alpha value is -7.58. The SMILES string of the molecule is CC.CC.CC.CC.CC.CC.CC.Cc1cc(C)c2ccccc2n1.Cc1cc2ccccc2c(C)n1.Cc1ccc(C)nc1.Cc1ccc(C)nc1.Cc1cccc(C)n1.Cc1ccnc(C)c1.Cc1nc(C)c2ccccc2n1. The minimum absolute atomic E-state index is 0.839. The molecule has 0 aliphatic carbocycles. The molecule has 0 saturated carbocycles. The van der Waals surface area contributed by atoms with Gasteiger partial charge < -0.3 is 0 Å². The van der Waals surface area contributed by atoms with Crippen molar-refractivity contribution in [3.63, 3.8) is 0 Å². The van der Waals surface area contributed by atoms with Gasteiger partial charge in [0.05, 0.1) is 11.0 Å². The van der Waals surface area contributed by atoms with E-state index in [0.717, 1.165) is 73.5 Å². The lowest BCUT2D eigenvalue weighted by Gasteiger charge is -2.01. The molecule has 7 aromatic heterocycles. The summed E-state index contributed by atoms with van der Waals surface area (Å²) in [4.78, 5) is 33.8. The summed E-state index contributed by atoms with van der Waals surface area (Å²) in [7, 11) is 0. The van der Waals surface area contributed by atoms with Crippen LogP contribution in [0.1, 0.15) is 176 Å². The summed E-state index contributed by atoms with van der Waals surface area (Å²) in [5.41, 5.74) is 16.9. The van der Waals surface area contributed by atoms with Gasteiger partial charge in [-0.05, 0) is 185 Å². The van der Waals surface area contributed by atoms with Crippen LogP contribution in [0.4, 0.5) is 0 Å². The monoisotopic (exact) mass is 1110 g/mol. The number of hydrogen-bond acceptors (Lipinski definition) is 8. The van der Waals surface area contributed by atoms with Crippen LogP contribution in [-0.2, 0) is 0 Å². The maximum Gasteiger partial charge on any atom is 0.126 e. The predicted octanol–water partition coefficient (Wildman–Crippen LogP) is 21.9. The van der Waals surface area contributed by atoms with Crippen LogP contribution in [0, 0.1) is 96.9 Å². The Balaban J connectivity index is -0.000000420. The molecule has 0 unspecified atom stereocenters. The van der Waals surface area contributed by atoms with Crippen LogP contribution in [0.5, 0.6) is 0 Å². The maximum atomic E-state index is 4.44. The molecule has 10 aromatic rings. The summed E-state index contributed by atoms with van der Waals surface area (Å²) in [6, 6.07) is 47.0. The summed E-state index contributed by atoms with van der Waals surface area (Å²) in [6.07, 6.45) is 5.56. The molecule has 0 aliphatic heterocycles. The lowest BCUT2D eigenvalue weighted by molar-refractivity contribution is 1.05. The van der Waals surface area contributed by atoms with Crippen molar-refractivity contribution in [1.82, 2.24) is 39.9 Å². The first-order valence-corrected chi connectivity index (χ1v) is 29.9. The van der Waals surface area contributed by atoms with E-state index in [1.54, 1.807) is 0 Å². The summed E-state index contributed by atoms with van der Waals surface area (Å²) >= 11 is 0. The van der Waals surface area contributed by atoms with Crippen LogP contribution in [-0.4, -0.2) is 39.9 Å². The molecule has 8 heteroatoms. The number of fused-ring (bicyclic) bond motifs is 3. The fourth-order valence-electron chi connectivity index (χ4n) is 6.88. The highest BCUT2D eigenvalue weighted by molar-refractivity contribution is 5.84. The normalized spacial score (nSPS) is 8.73. The molecule has 10 rings (SSSR count). The first-order chi connectivity index (χ1) is 39.5. The Morgan fingerprint density at radius 2 is 0.683 bits per heavy atom. The zero-order valence-corrected chi connectivity index (χ0v) is 56.6. The van der Waals surface area contributed by atoms with Gasteiger partial charge in [-0.25, -0.2) is 9.97 Å². The Kier molecular flexibility index (Phi) is 50.9. The molecule has 0 amide bonds. The largest absolute Gasteiger partial charge is 0.262 e. The summed E-state index contributed by atoms with van der Waals surface area (Å²) in [6.45, 7) is 56.2. The van der Waals surface area contributed by atoms with Crippen LogP contribution in [0.3, 0.4) is 0 Å². The van der Waals surface area contributed by atoms with Gasteiger partial charge in [-0.15, -0.1) is 0 Å². The highest BCUT2D eigenvalue weighted by Crippen LogP contribution is 2.18. The van der Waals surface area contributed by atoms with E-state index in [1.165, 1.54) is 38.4 Å². The van der Waals surface area contributed by atoms with Crippen molar-refractivity contribution in [2.75, 3.05) is 0 Å². The minimum atomic E-state index is 0.839. The van der Waals surface area contributed by atoms with Crippen molar-refractivity contribution in [2.45, 2.75) is 194 Å². The Bertz CT molecular complexity index is 2750. The van der Waals surface area contributed by atoms with E-state index in [2.05, 4.69) is 121 Å². The molecule has 3 aromatic carbocycles. The van der Waals surface area contributed by atoms with Gasteiger partial charge in [0.1, 0.15) is 5.82 Å². The molecular weight excluding hydrogens is 1000 g/mol. The van der Waals surface area contributed by atoms with Gasteiger partial charge in [-0.1, -0.05) is 176 Å². The summed E-state index contributed by atoms with van der Waals surface area (Å²) in [5.74, 6) is 0.839. The zero-order chi connectivity index (χ0) is 63.6. The third kappa shape index (κ3) is 35.9. The van der Waals surface area contributed by atoms with Crippen molar-refractivity contribution in [1.29, 1.82) is 0 Å². The predicted molar refractivity (Wildman–Crippen MR) is 366 cm³/mol. The maximum absolute atomic E-state index is 4.44. The topological polar surface area (TPSA) is 103 Å². The van der Waals surface area contributed by atoms with Crippen molar-refractivity contribution in [3.8, 4) is 0 Å². The molecule has 0 saturated heterocycles. The third-order valence-corrected chi connectivity index (χ3v) is 10.2. The average Bonchev–Trinajstić information content (AvgIpc) is 3.60. The fraction of sp³-hybridized carbons (Fsp3) is 0.378. The van der Waals surface area contributed by atoms with Gasteiger partial charge in [-0.3, -0.25) is 29.9 Å². The summed E-state index contributed by atoms with van der Waals surface area (Å²) < 4.78 is 0. The number of nitrogens with zero attached hydrogens (tertiary/aromatic N) is 8. The van der Waals surface area contributed by atoms with Gasteiger partial charge in [0.2, 0.25) is 0 Å². The second-order valence-corrected chi connectivity index (χ2v) is 16.9. The third-order valence-electron chi connectivity index (χ3n) is 10.2. The standard InChI is InChI=1S/2C11H11N.C10H10N2.4C7H9N.7C2H6/c1-8-7-10-5-3-4-6-11(10)9(2)12-8;1-8-7-9(2)12-11-6-4-3-5-10(8)11;1-7-9-5-3-4-6-10(9)12-8(2)11-7;1-6-3-4-8-7(2)5-6;2*1-6-3-4-7(2)8-5-6;1-6-4-3-5-7(2)8-6;7*1-2/h2*3-7H,1-2H3;3-6H,1-2H3;4*3-5H,1-2H3;7*1-2H3. The van der Waals surface area contributed by atoms with E-state index in [-0.39, 0.29) is 0 Å². The lowest BCUT2D eigenvalue weighted by atomic mass is 10.1. The molecule has 446 valence electrons. The molecule has 7 heterocycles. The highest BCUT2D eigenvalue weighted by atomic mass is 14.9. The Morgan fingerprint density at radius 3 is 1.10 bits per heavy atom. The fourth-order valence-corrected chi connectivity index (χ4v) is 6.88. The van der Waals surface area contributed by atoms with Crippen LogP contribution >= 0.6 is 0 Å². The van der Waals surface area contributed by atoms with Crippen molar-refractivity contribution in [3.05, 3.63) is 237 Å². The molecule has 0 radical (unpaired) electrons. The average molecular weight is 1110 g/mol. The summed E-state index contributed by atoms with van der Waals surface area (Å²) in [5, 5.41) is 4.93. The van der Waals surface area contributed by atoms with Crippen LogP contribution in [0.2, 0.25) is 0 Å². The van der Waals surface area contributed by atoms with Crippen LogP contribution in [0.15, 0.2) is 158 Å². The second-order valence-electron chi connectivity index (χ2n) is 16.9. The van der Waals surface area contributed by atoms with E-state index >= 15 is 0 Å². The number of pyridine rings is 6. The van der Waals surface area contributed by atoms with E-state index in [0.29, 0.717) is 0 Å². The molecular formula is C74H110N8. The molecule has 0 bridgehead atoms. The highest BCUT2D eigenvalue weighted by Gasteiger charge is 2.00. The molecule has 0 N–H and O–H groups in total. The smallest absolute Gasteiger partial charge is 0.126 e. The van der Waals surface area contributed by atoms with Gasteiger partial charge in [0.25, 0.3) is 0 Å². The number of benzene rings is 3. The molecule has 0 atom stereocenters. The molecule has 82 heavy (non-hydrogen) atoms. The van der Waals surface area contributed by atoms with E-state index in [9.17, 15) is 0 Å². The van der Waals surface area contributed by atoms with Crippen molar-refractivity contribution in [2.24, 2.45) is 0 Å². The van der Waals surface area contributed by atoms with Crippen molar-refractivity contribution < 1.29 is 0 Å². The minimum Gasteiger partial charge on any atom is -0.262 e. The van der Waals surface area contributed by atoms with Gasteiger partial charge in [0.15, 0.2) is 0 Å². The number of rotatable bonds is 0. The van der Waals surface area contributed by atoms with Gasteiger partial charge in [0, 0.05) is 86.0 Å². The first-order valence-electron chi connectivity index (χ1n) is 29.9. The molecule has 0 aliphatic rings. The van der Waals surface area contributed by atoms with Crippen molar-refractivity contribution >= 4 is 32.6 Å². The van der Waals surface area contributed by atoms with Gasteiger partial charge >= 0.3 is 0 Å². The number of aryl methyl sites for hydroxylation is 14. The molecule has 0 spiro atoms. The lowest BCUT2D eigenvalue weighted by Crippen LogP contribution is -1.92. The first kappa shape index (κ1) is 80.9. The van der Waals surface area contributed by atoms with Crippen LogP contribution in [0.25, 0.3) is 32.6 Å². The van der Waals surface area contributed by atoms with E-state index in [4.69, 9.17) is 0 Å². The Morgan fingerprint density at radius 1 is 0.256 bits per heavy atom. The van der Waals surface area contributed by atoms with Crippen LogP contribution < -0.4 is 0 Å². The number of para-hydroxylation sites is 2. The van der Waals surface area contributed by atoms with Gasteiger partial charge in [-0.2, -0.15) is 0 Å². The zero-order valence-electron chi connectivity index (χ0n) is 56.6. The number of hydrogen-bond donors (Lipinski definition) is 0. The van der Waals surface area contributed by atoms with E-state index < -0.39 is 0 Å². The Labute approximate surface area is 501 Å². The quantitative estimate of drug-likeness (QED) is 0.148.